The fourth-order valence-corrected chi connectivity index (χ4v) is 4.81. The van der Waals surface area contributed by atoms with E-state index in [-0.39, 0.29) is 40.3 Å². The zero-order chi connectivity index (χ0) is 31.5. The van der Waals surface area contributed by atoms with Crippen LogP contribution in [0.15, 0.2) is 54.6 Å². The molecule has 0 radical (unpaired) electrons. The number of unbranched alkanes of at least 4 members (excludes halogenated alkanes) is 1. The van der Waals surface area contributed by atoms with Crippen LogP contribution in [0.25, 0.3) is 11.6 Å². The summed E-state index contributed by atoms with van der Waals surface area (Å²) in [6.45, 7) is 7.20. The van der Waals surface area contributed by atoms with Crippen molar-refractivity contribution in [1.82, 2.24) is 10.6 Å². The lowest BCUT2D eigenvalue weighted by atomic mass is 9.91. The molecule has 1 unspecified atom stereocenters. The normalized spacial score (nSPS) is 12.0. The molecule has 0 aliphatic rings. The van der Waals surface area contributed by atoms with Gasteiger partial charge >= 0.3 is 0 Å². The third-order valence-electron chi connectivity index (χ3n) is 7.11. The van der Waals surface area contributed by atoms with Gasteiger partial charge in [0.1, 0.15) is 5.75 Å². The van der Waals surface area contributed by atoms with E-state index in [1.54, 1.807) is 43.3 Å². The molecule has 6 N–H and O–H groups in total. The first-order valence-corrected chi connectivity index (χ1v) is 14.2. The van der Waals surface area contributed by atoms with E-state index in [0.29, 0.717) is 42.9 Å². The number of nitrogens with zero attached hydrogens (tertiary/aromatic N) is 1. The van der Waals surface area contributed by atoms with Crippen LogP contribution in [0.2, 0.25) is 0 Å². The second-order valence-corrected chi connectivity index (χ2v) is 10.2. The van der Waals surface area contributed by atoms with Gasteiger partial charge in [-0.05, 0) is 105 Å². The summed E-state index contributed by atoms with van der Waals surface area (Å²) in [6, 6.07) is 13.5. The van der Waals surface area contributed by atoms with Crippen molar-refractivity contribution in [2.24, 2.45) is 0 Å². The third kappa shape index (κ3) is 8.89. The van der Waals surface area contributed by atoms with Gasteiger partial charge in [-0.15, -0.1) is 0 Å². The molecule has 1 atom stereocenters. The first-order chi connectivity index (χ1) is 20.5. The molecule has 0 spiro atoms. The predicted molar refractivity (Wildman–Crippen MR) is 168 cm³/mol. The fraction of sp³-hybridized carbons (Fsp3) is 0.333. The molecule has 0 bridgehead atoms. The lowest BCUT2D eigenvalue weighted by molar-refractivity contribution is -0.118. The largest absolute Gasteiger partial charge is 0.508 e. The van der Waals surface area contributed by atoms with Gasteiger partial charge in [-0.25, -0.2) is 0 Å². The number of anilines is 1. The molecule has 0 heterocycles. The van der Waals surface area contributed by atoms with Gasteiger partial charge in [-0.3, -0.25) is 9.59 Å². The van der Waals surface area contributed by atoms with Crippen molar-refractivity contribution in [3.05, 3.63) is 71.3 Å². The number of methoxy groups -OCH3 is 1. The lowest BCUT2D eigenvalue weighted by Gasteiger charge is -2.30. The molecule has 3 aromatic rings. The van der Waals surface area contributed by atoms with E-state index in [2.05, 4.69) is 10.6 Å². The zero-order valence-corrected chi connectivity index (χ0v) is 25.1. The van der Waals surface area contributed by atoms with Gasteiger partial charge in [-0.1, -0.05) is 6.07 Å². The number of likely N-dealkylation sites (N-methyl/N-ethyl adjacent to an activating group) is 1. The van der Waals surface area contributed by atoms with Gasteiger partial charge in [0.25, 0.3) is 0 Å². The van der Waals surface area contributed by atoms with Gasteiger partial charge in [-0.2, -0.15) is 0 Å². The first kappa shape index (κ1) is 32.8. The van der Waals surface area contributed by atoms with E-state index in [0.717, 1.165) is 18.5 Å². The van der Waals surface area contributed by atoms with E-state index in [1.807, 2.05) is 17.9 Å². The Morgan fingerprint density at radius 1 is 0.907 bits per heavy atom. The average molecular weight is 592 g/mol. The SMILES string of the molecule is CCN(c1ccc(O)cc1)C(C)C(=O)c1cc(O)c(O)cc1/C(=C\c1ccc(O)c(OC)c1)CNCCCCNC(C)=O. The minimum Gasteiger partial charge on any atom is -0.508 e. The number of phenolic OH excluding ortho intramolecular Hbond substituents is 4. The van der Waals surface area contributed by atoms with E-state index in [1.165, 1.54) is 32.2 Å². The summed E-state index contributed by atoms with van der Waals surface area (Å²) >= 11 is 0. The van der Waals surface area contributed by atoms with Crippen LogP contribution >= 0.6 is 0 Å². The van der Waals surface area contributed by atoms with Gasteiger partial charge in [0, 0.05) is 37.8 Å². The van der Waals surface area contributed by atoms with Crippen molar-refractivity contribution in [1.29, 1.82) is 0 Å². The molecule has 43 heavy (non-hydrogen) atoms. The van der Waals surface area contributed by atoms with Crippen LogP contribution in [0.4, 0.5) is 5.69 Å². The highest BCUT2D eigenvalue weighted by Crippen LogP contribution is 2.35. The number of ether oxygens (including phenoxy) is 1. The Labute approximate surface area is 252 Å². The second kappa shape index (κ2) is 15.5. The summed E-state index contributed by atoms with van der Waals surface area (Å²) in [5, 5.41) is 46.9. The van der Waals surface area contributed by atoms with Crippen LogP contribution in [0, 0.1) is 0 Å². The molecule has 0 saturated carbocycles. The van der Waals surface area contributed by atoms with Crippen LogP contribution in [0.3, 0.4) is 0 Å². The number of aromatic hydroxyl groups is 4. The Bertz CT molecular complexity index is 1440. The predicted octanol–water partition coefficient (Wildman–Crippen LogP) is 4.66. The molecule has 0 aromatic heterocycles. The molecule has 10 heteroatoms. The number of rotatable bonds is 15. The topological polar surface area (TPSA) is 152 Å². The highest BCUT2D eigenvalue weighted by Gasteiger charge is 2.26. The van der Waals surface area contributed by atoms with Crippen molar-refractivity contribution in [3.63, 3.8) is 0 Å². The number of ketones is 1. The monoisotopic (exact) mass is 591 g/mol. The number of carbonyl (C=O) groups excluding carboxylic acids is 2. The Morgan fingerprint density at radius 3 is 2.19 bits per heavy atom. The number of amides is 1. The van der Waals surface area contributed by atoms with Crippen molar-refractivity contribution in [2.75, 3.05) is 38.2 Å². The van der Waals surface area contributed by atoms with E-state index in [4.69, 9.17) is 4.74 Å². The van der Waals surface area contributed by atoms with E-state index in [9.17, 15) is 30.0 Å². The Kier molecular flexibility index (Phi) is 11.8. The Balaban J connectivity index is 2.00. The molecule has 0 aliphatic heterocycles. The number of carbonyl (C=O) groups is 2. The molecule has 0 fully saturated rings. The van der Waals surface area contributed by atoms with Crippen molar-refractivity contribution in [2.45, 2.75) is 39.7 Å². The average Bonchev–Trinajstić information content (AvgIpc) is 2.98. The number of hydrogen-bond donors (Lipinski definition) is 6. The molecule has 10 nitrogen and oxygen atoms in total. The summed E-state index contributed by atoms with van der Waals surface area (Å²) in [6.07, 6.45) is 3.41. The summed E-state index contributed by atoms with van der Waals surface area (Å²) in [5.74, 6) is -0.742. The Morgan fingerprint density at radius 2 is 1.56 bits per heavy atom. The van der Waals surface area contributed by atoms with Crippen molar-refractivity contribution in [3.8, 4) is 28.7 Å². The maximum atomic E-state index is 14.1. The van der Waals surface area contributed by atoms with Crippen molar-refractivity contribution < 1.29 is 34.8 Å². The van der Waals surface area contributed by atoms with Crippen LogP contribution in [-0.4, -0.2) is 71.4 Å². The lowest BCUT2D eigenvalue weighted by Crippen LogP contribution is -2.39. The van der Waals surface area contributed by atoms with E-state index < -0.39 is 11.8 Å². The molecular formula is C33H41N3O7. The summed E-state index contributed by atoms with van der Waals surface area (Å²) < 4.78 is 5.27. The maximum absolute atomic E-state index is 14.1. The van der Waals surface area contributed by atoms with Gasteiger partial charge in [0.2, 0.25) is 5.91 Å². The minimum atomic E-state index is -0.644. The molecular weight excluding hydrogens is 550 g/mol. The van der Waals surface area contributed by atoms with Crippen molar-refractivity contribution >= 4 is 29.0 Å². The van der Waals surface area contributed by atoms with Gasteiger partial charge in [0.05, 0.1) is 13.2 Å². The van der Waals surface area contributed by atoms with Gasteiger partial charge in [0.15, 0.2) is 28.8 Å². The van der Waals surface area contributed by atoms with Crippen LogP contribution in [0.1, 0.15) is 55.1 Å². The van der Waals surface area contributed by atoms with E-state index >= 15 is 0 Å². The standard InChI is InChI=1S/C33H41N3O7/c1-5-36(25-9-11-26(38)12-10-25)21(2)33(42)28-19-31(41)30(40)18-27(28)24(20-34-14-6-7-15-35-22(3)37)16-23-8-13-29(39)32(17-23)43-4/h8-13,16-19,21,34,38-41H,5-7,14-15,20H2,1-4H3,(H,35,37)/b24-16-. The van der Waals surface area contributed by atoms with Crippen LogP contribution in [-0.2, 0) is 4.79 Å². The molecule has 3 rings (SSSR count). The fourth-order valence-electron chi connectivity index (χ4n) is 4.81. The van der Waals surface area contributed by atoms with Crippen LogP contribution in [0.5, 0.6) is 28.7 Å². The number of benzene rings is 3. The van der Waals surface area contributed by atoms with Gasteiger partial charge < -0.3 is 40.7 Å². The third-order valence-corrected chi connectivity index (χ3v) is 7.11. The molecule has 1 amide bonds. The zero-order valence-electron chi connectivity index (χ0n) is 25.1. The molecule has 230 valence electrons. The number of Topliss-reactive ketones (excluding diaryl/α,β-unsaturated/α-hetero) is 1. The van der Waals surface area contributed by atoms with Crippen LogP contribution < -0.4 is 20.3 Å². The highest BCUT2D eigenvalue weighted by molar-refractivity contribution is 6.07. The minimum absolute atomic E-state index is 0.0145. The molecule has 0 saturated heterocycles. The summed E-state index contributed by atoms with van der Waals surface area (Å²) in [4.78, 5) is 27.1. The quantitative estimate of drug-likeness (QED) is 0.0641. The number of hydrogen-bond acceptors (Lipinski definition) is 9. The Hall–Kier alpha value is -4.70. The smallest absolute Gasteiger partial charge is 0.216 e. The number of phenols is 4. The number of nitrogens with one attached hydrogen (secondary N) is 2. The highest BCUT2D eigenvalue weighted by atomic mass is 16.5. The maximum Gasteiger partial charge on any atom is 0.216 e. The second-order valence-electron chi connectivity index (χ2n) is 10.2. The molecule has 0 aliphatic carbocycles. The summed E-state index contributed by atoms with van der Waals surface area (Å²) in [7, 11) is 1.45. The summed E-state index contributed by atoms with van der Waals surface area (Å²) in [5.41, 5.74) is 2.76. The first-order valence-electron chi connectivity index (χ1n) is 14.2. The molecule has 3 aromatic carbocycles.